The van der Waals surface area contributed by atoms with Crippen LogP contribution in [0.2, 0.25) is 0 Å². The van der Waals surface area contributed by atoms with E-state index in [2.05, 4.69) is 4.99 Å². The Morgan fingerprint density at radius 2 is 1.72 bits per heavy atom. The number of nitrogens with zero attached hydrogens (tertiary/aromatic N) is 1. The van der Waals surface area contributed by atoms with E-state index in [1.54, 1.807) is 30.5 Å². The van der Waals surface area contributed by atoms with Crippen molar-refractivity contribution in [1.82, 2.24) is 0 Å². The maximum Gasteiger partial charge on any atom is 0.168 e. The molecule has 0 saturated heterocycles. The fourth-order valence-electron chi connectivity index (χ4n) is 1.50. The Hall–Kier alpha value is -2.29. The minimum absolute atomic E-state index is 0.0152. The lowest BCUT2D eigenvalue weighted by atomic mass is 10.1. The first kappa shape index (κ1) is 12.2. The number of rotatable bonds is 4. The van der Waals surface area contributed by atoms with Gasteiger partial charge in [-0.3, -0.25) is 9.79 Å². The second kappa shape index (κ2) is 5.87. The first-order chi connectivity index (χ1) is 8.75. The maximum absolute atomic E-state index is 12.7. The fraction of sp³-hybridized carbons (Fsp3) is 0.0667. The number of aliphatic imine (C=N–C) groups is 1. The van der Waals surface area contributed by atoms with Crippen molar-refractivity contribution in [3.05, 3.63) is 66.0 Å². The molecule has 0 bridgehead atoms. The predicted molar refractivity (Wildman–Crippen MR) is 69.9 cm³/mol. The third-order valence-electron chi connectivity index (χ3n) is 2.44. The van der Waals surface area contributed by atoms with Crippen molar-refractivity contribution in [2.75, 3.05) is 0 Å². The van der Waals surface area contributed by atoms with Crippen molar-refractivity contribution in [3.8, 4) is 0 Å². The number of carbonyl (C=O) groups is 1. The number of ketones is 1. The van der Waals surface area contributed by atoms with Crippen molar-refractivity contribution < 1.29 is 9.18 Å². The molecule has 0 N–H and O–H groups in total. The van der Waals surface area contributed by atoms with Crippen LogP contribution >= 0.6 is 0 Å². The number of hydrogen-bond acceptors (Lipinski definition) is 2. The molecule has 2 aromatic carbocycles. The Balaban J connectivity index is 1.96. The normalized spacial score (nSPS) is 10.7. The number of Topliss-reactive ketones (excluding diaryl/α,β-unsaturated/α-hetero) is 1. The first-order valence-corrected chi connectivity index (χ1v) is 5.62. The van der Waals surface area contributed by atoms with E-state index >= 15 is 0 Å². The van der Waals surface area contributed by atoms with Gasteiger partial charge in [0.15, 0.2) is 5.78 Å². The molecule has 2 rings (SSSR count). The summed E-state index contributed by atoms with van der Waals surface area (Å²) in [5.74, 6) is -0.282. The van der Waals surface area contributed by atoms with Crippen LogP contribution in [0, 0.1) is 5.82 Å². The molecule has 0 amide bonds. The summed E-state index contributed by atoms with van der Waals surface area (Å²) < 4.78 is 12.7. The van der Waals surface area contributed by atoms with E-state index in [9.17, 15) is 9.18 Å². The number of hydrogen-bond donors (Lipinski definition) is 0. The summed E-state index contributed by atoms with van der Waals surface area (Å²) in [6.45, 7) is 0. The molecule has 0 heterocycles. The highest BCUT2D eigenvalue weighted by atomic mass is 18.2. The molecule has 0 aliphatic rings. The Kier molecular flexibility index (Phi) is 3.97. The zero-order valence-electron chi connectivity index (χ0n) is 9.71. The van der Waals surface area contributed by atoms with E-state index in [0.717, 1.165) is 0 Å². The lowest BCUT2D eigenvalue weighted by Gasteiger charge is -1.96. The summed E-state index contributed by atoms with van der Waals surface area (Å²) in [5.41, 5.74) is 1.31. The Labute approximate surface area is 105 Å². The molecule has 0 atom stereocenters. The zero-order valence-corrected chi connectivity index (χ0v) is 9.71. The summed E-state index contributed by atoms with van der Waals surface area (Å²) >= 11 is 0. The molecule has 0 fully saturated rings. The highest BCUT2D eigenvalue weighted by molar-refractivity contribution is 6.03. The quantitative estimate of drug-likeness (QED) is 0.590. The van der Waals surface area contributed by atoms with Gasteiger partial charge in [-0.05, 0) is 24.3 Å². The fourth-order valence-corrected chi connectivity index (χ4v) is 1.50. The van der Waals surface area contributed by atoms with Crippen LogP contribution in [0.3, 0.4) is 0 Å². The van der Waals surface area contributed by atoms with E-state index in [4.69, 9.17) is 0 Å². The second-order valence-corrected chi connectivity index (χ2v) is 3.78. The maximum atomic E-state index is 12.7. The van der Waals surface area contributed by atoms with Crippen LogP contribution in [0.25, 0.3) is 0 Å². The van der Waals surface area contributed by atoms with E-state index in [1.165, 1.54) is 12.1 Å². The van der Waals surface area contributed by atoms with E-state index < -0.39 is 0 Å². The molecule has 0 aliphatic carbocycles. The van der Waals surface area contributed by atoms with Crippen LogP contribution < -0.4 is 0 Å². The van der Waals surface area contributed by atoms with Crippen molar-refractivity contribution in [2.45, 2.75) is 6.42 Å². The molecule has 0 unspecified atom stereocenters. The summed E-state index contributed by atoms with van der Waals surface area (Å²) in [4.78, 5) is 15.8. The number of carbonyl (C=O) groups excluding carboxylic acids is 1. The van der Waals surface area contributed by atoms with Gasteiger partial charge >= 0.3 is 0 Å². The monoisotopic (exact) mass is 240 g/mol. The summed E-state index contributed by atoms with van der Waals surface area (Å²) in [6.07, 6.45) is 1.78. The van der Waals surface area contributed by atoms with Gasteiger partial charge in [0.1, 0.15) is 5.82 Å². The molecule has 0 spiro atoms. The molecular weight excluding hydrogens is 228 g/mol. The van der Waals surface area contributed by atoms with E-state index in [1.807, 2.05) is 18.2 Å². The number of halogens is 1. The Morgan fingerprint density at radius 3 is 2.39 bits per heavy atom. The zero-order chi connectivity index (χ0) is 12.8. The molecular formula is C15H12FNO. The minimum Gasteiger partial charge on any atom is -0.294 e. The topological polar surface area (TPSA) is 29.4 Å². The van der Waals surface area contributed by atoms with Crippen LogP contribution in [0.4, 0.5) is 10.1 Å². The molecule has 90 valence electrons. The summed E-state index contributed by atoms with van der Waals surface area (Å²) in [5, 5.41) is 0. The van der Waals surface area contributed by atoms with Crippen LogP contribution in [0.1, 0.15) is 16.8 Å². The van der Waals surface area contributed by atoms with Gasteiger partial charge in [-0.15, -0.1) is 0 Å². The van der Waals surface area contributed by atoms with E-state index in [0.29, 0.717) is 11.3 Å². The lowest BCUT2D eigenvalue weighted by molar-refractivity contribution is 0.100. The third-order valence-corrected chi connectivity index (χ3v) is 2.44. The van der Waals surface area contributed by atoms with E-state index in [-0.39, 0.29) is 18.0 Å². The SMILES string of the molecule is O=C(CC=Nc1ccc([18F])cc1)c1ccccc1. The van der Waals surface area contributed by atoms with Crippen LogP contribution in [-0.2, 0) is 0 Å². The van der Waals surface area contributed by atoms with Gasteiger partial charge in [-0.25, -0.2) is 4.39 Å². The van der Waals surface area contributed by atoms with Crippen molar-refractivity contribution in [2.24, 2.45) is 4.99 Å². The first-order valence-electron chi connectivity index (χ1n) is 5.62. The molecule has 3 heteroatoms. The van der Waals surface area contributed by atoms with Crippen LogP contribution in [0.5, 0.6) is 0 Å². The van der Waals surface area contributed by atoms with Crippen LogP contribution in [0.15, 0.2) is 59.6 Å². The predicted octanol–water partition coefficient (Wildman–Crippen LogP) is 3.80. The minimum atomic E-state index is -0.297. The smallest absolute Gasteiger partial charge is 0.168 e. The van der Waals surface area contributed by atoms with Crippen LogP contribution in [-0.4, -0.2) is 12.0 Å². The van der Waals surface area contributed by atoms with Gasteiger partial charge in [-0.2, -0.15) is 0 Å². The summed E-state index contributed by atoms with van der Waals surface area (Å²) in [7, 11) is 0. The highest BCUT2D eigenvalue weighted by Gasteiger charge is 2.01. The summed E-state index contributed by atoms with van der Waals surface area (Å²) in [6, 6.07) is 14.9. The van der Waals surface area contributed by atoms with Gasteiger partial charge in [0, 0.05) is 18.2 Å². The van der Waals surface area contributed by atoms with Gasteiger partial charge in [0.05, 0.1) is 5.69 Å². The molecule has 18 heavy (non-hydrogen) atoms. The van der Waals surface area contributed by atoms with Gasteiger partial charge in [0.2, 0.25) is 0 Å². The molecule has 0 saturated carbocycles. The molecule has 0 radical (unpaired) electrons. The average molecular weight is 240 g/mol. The standard InChI is InChI=1S/C15H12FNO/c16-13-6-8-14(9-7-13)17-11-10-15(18)12-4-2-1-3-5-12/h1-9,11H,10H2/i16-1. The molecule has 0 aliphatic heterocycles. The second-order valence-electron chi connectivity index (χ2n) is 3.78. The van der Waals surface area contributed by atoms with Crippen molar-refractivity contribution in [1.29, 1.82) is 0 Å². The molecule has 2 aromatic rings. The van der Waals surface area contributed by atoms with Crippen molar-refractivity contribution >= 4 is 17.7 Å². The lowest BCUT2D eigenvalue weighted by Crippen LogP contribution is -1.98. The Bertz CT molecular complexity index is 546. The highest BCUT2D eigenvalue weighted by Crippen LogP contribution is 2.11. The molecule has 2 nitrogen and oxygen atoms in total. The largest absolute Gasteiger partial charge is 0.294 e. The molecule has 0 aromatic heterocycles. The van der Waals surface area contributed by atoms with Gasteiger partial charge in [0.25, 0.3) is 0 Å². The Morgan fingerprint density at radius 1 is 1.06 bits per heavy atom. The van der Waals surface area contributed by atoms with Crippen molar-refractivity contribution in [3.63, 3.8) is 0 Å². The average Bonchev–Trinajstić information content (AvgIpc) is 2.42. The third kappa shape index (κ3) is 3.35. The van der Waals surface area contributed by atoms with Gasteiger partial charge < -0.3 is 0 Å². The number of benzene rings is 2. The van der Waals surface area contributed by atoms with Gasteiger partial charge in [-0.1, -0.05) is 30.3 Å².